The number of rotatable bonds is 23. The molecule has 0 aliphatic heterocycles. The summed E-state index contributed by atoms with van der Waals surface area (Å²) in [5.74, 6) is -1.23. The molecule has 0 aliphatic rings. The van der Waals surface area contributed by atoms with Crippen molar-refractivity contribution in [2.45, 2.75) is 104 Å². The van der Waals surface area contributed by atoms with Gasteiger partial charge in [0.25, 0.3) is 0 Å². The topological polar surface area (TPSA) is 103 Å². The van der Waals surface area contributed by atoms with Crippen LogP contribution in [-0.2, 0) is 17.6 Å². The highest BCUT2D eigenvalue weighted by atomic mass is 32.1. The van der Waals surface area contributed by atoms with Crippen LogP contribution in [0.1, 0.15) is 108 Å². The number of aromatic nitrogens is 2. The standard InChI is InChI=1S/C58H58N4O3S2/c1-3-5-7-9-11-15-21-44-38-52(66-56(44)42-29-27-41(28-30-42)37-46(40-59)58(63)64)50-35-36-51(55-54(50)60-65-61-55)53-39-45(22-16-12-10-8-6-4-2)57(67-53)43-31-33-49(34-32-43)62(47-23-17-13-18-24-47)48-25-19-14-20-26-48/h13-14,17-20,23-39H,3-12,15-16,21-22H2,1-2H3,(H,63,64)/b46-37+. The van der Waals surface area contributed by atoms with Gasteiger partial charge in [-0.2, -0.15) is 5.26 Å². The number of benzene rings is 5. The lowest BCUT2D eigenvalue weighted by Crippen LogP contribution is -2.09. The van der Waals surface area contributed by atoms with Crippen molar-refractivity contribution < 1.29 is 14.5 Å². The van der Waals surface area contributed by atoms with E-state index in [0.29, 0.717) is 5.56 Å². The molecule has 8 aromatic rings. The normalized spacial score (nSPS) is 11.6. The van der Waals surface area contributed by atoms with Gasteiger partial charge in [-0.3, -0.25) is 0 Å². The number of aliphatic carboxylic acids is 1. The van der Waals surface area contributed by atoms with Crippen molar-refractivity contribution in [3.8, 4) is 47.8 Å². The second kappa shape index (κ2) is 23.2. The quantitative estimate of drug-likeness (QED) is 0.0387. The maximum atomic E-state index is 11.5. The second-order valence-electron chi connectivity index (χ2n) is 17.2. The smallest absolute Gasteiger partial charge is 0.346 e. The molecule has 0 spiro atoms. The molecule has 3 aromatic heterocycles. The zero-order valence-corrected chi connectivity index (χ0v) is 40.2. The molecule has 0 fully saturated rings. The number of carboxylic acids is 1. The Morgan fingerprint density at radius 2 is 1.03 bits per heavy atom. The van der Waals surface area contributed by atoms with Crippen molar-refractivity contribution in [1.29, 1.82) is 5.26 Å². The van der Waals surface area contributed by atoms with Crippen LogP contribution in [0.4, 0.5) is 17.1 Å². The molecule has 0 radical (unpaired) electrons. The van der Waals surface area contributed by atoms with Crippen molar-refractivity contribution in [3.63, 3.8) is 0 Å². The van der Waals surface area contributed by atoms with Crippen LogP contribution in [0, 0.1) is 11.3 Å². The first-order valence-corrected chi connectivity index (χ1v) is 25.6. The van der Waals surface area contributed by atoms with E-state index in [2.05, 4.69) is 138 Å². The first kappa shape index (κ1) is 46.9. The lowest BCUT2D eigenvalue weighted by atomic mass is 9.99. The Morgan fingerprint density at radius 1 is 0.597 bits per heavy atom. The number of para-hydroxylation sites is 2. The van der Waals surface area contributed by atoms with Crippen LogP contribution in [0.25, 0.3) is 58.9 Å². The predicted molar refractivity (Wildman–Crippen MR) is 279 cm³/mol. The van der Waals surface area contributed by atoms with Gasteiger partial charge in [0.2, 0.25) is 0 Å². The van der Waals surface area contributed by atoms with Gasteiger partial charge in [0, 0.05) is 47.7 Å². The summed E-state index contributed by atoms with van der Waals surface area (Å²) in [7, 11) is 0. The van der Waals surface area contributed by atoms with Crippen LogP contribution in [0.15, 0.2) is 144 Å². The number of aryl methyl sites for hydroxylation is 2. The van der Waals surface area contributed by atoms with E-state index in [9.17, 15) is 15.2 Å². The number of hydrogen-bond acceptors (Lipinski definition) is 8. The van der Waals surface area contributed by atoms with Crippen LogP contribution in [0.3, 0.4) is 0 Å². The lowest BCUT2D eigenvalue weighted by molar-refractivity contribution is -0.132. The maximum Gasteiger partial charge on any atom is 0.346 e. The summed E-state index contributed by atoms with van der Waals surface area (Å²) >= 11 is 3.55. The van der Waals surface area contributed by atoms with E-state index in [4.69, 9.17) is 4.63 Å². The van der Waals surface area contributed by atoms with E-state index in [0.717, 1.165) is 80.2 Å². The molecule has 0 saturated carbocycles. The molecule has 0 unspecified atom stereocenters. The number of hydrogen-bond donors (Lipinski definition) is 1. The van der Waals surface area contributed by atoms with E-state index in [1.807, 2.05) is 35.6 Å². The Balaban J connectivity index is 1.13. The molecule has 0 amide bonds. The van der Waals surface area contributed by atoms with E-state index in [1.165, 1.54) is 96.7 Å². The van der Waals surface area contributed by atoms with Gasteiger partial charge in [0.15, 0.2) is 0 Å². The fourth-order valence-corrected chi connectivity index (χ4v) is 11.3. The molecular formula is C58H58N4O3S2. The third-order valence-corrected chi connectivity index (χ3v) is 14.9. The zero-order chi connectivity index (χ0) is 46.4. The number of unbranched alkanes of at least 4 members (excludes halogenated alkanes) is 10. The molecule has 7 nitrogen and oxygen atoms in total. The largest absolute Gasteiger partial charge is 0.477 e. The Bertz CT molecular complexity index is 2890. The Labute approximate surface area is 403 Å². The lowest BCUT2D eigenvalue weighted by Gasteiger charge is -2.25. The van der Waals surface area contributed by atoms with Gasteiger partial charge in [0.05, 0.1) is 0 Å². The molecule has 3 heterocycles. The Morgan fingerprint density at radius 3 is 1.48 bits per heavy atom. The molecule has 67 heavy (non-hydrogen) atoms. The monoisotopic (exact) mass is 922 g/mol. The second-order valence-corrected chi connectivity index (χ2v) is 19.3. The number of carbonyl (C=O) groups is 1. The molecule has 1 N–H and O–H groups in total. The van der Waals surface area contributed by atoms with Crippen molar-refractivity contribution in [2.75, 3.05) is 4.90 Å². The minimum atomic E-state index is -1.23. The molecule has 8 rings (SSSR count). The van der Waals surface area contributed by atoms with Crippen LogP contribution >= 0.6 is 22.7 Å². The highest BCUT2D eigenvalue weighted by Gasteiger charge is 2.22. The summed E-state index contributed by atoms with van der Waals surface area (Å²) in [5.41, 5.74) is 12.1. The van der Waals surface area contributed by atoms with Gasteiger partial charge in [-0.05, 0) is 118 Å². The molecule has 340 valence electrons. The third kappa shape index (κ3) is 11.5. The Hall–Kier alpha value is -6.60. The first-order valence-electron chi connectivity index (χ1n) is 23.9. The summed E-state index contributed by atoms with van der Waals surface area (Å²) in [4.78, 5) is 18.5. The molecule has 0 atom stereocenters. The third-order valence-electron chi connectivity index (χ3n) is 12.4. The van der Waals surface area contributed by atoms with Crippen LogP contribution in [0.2, 0.25) is 0 Å². The number of nitrogens with zero attached hydrogens (tertiary/aromatic N) is 4. The summed E-state index contributed by atoms with van der Waals surface area (Å²) in [5, 5.41) is 27.8. The average Bonchev–Trinajstić information content (AvgIpc) is 4.14. The van der Waals surface area contributed by atoms with Crippen LogP contribution in [0.5, 0.6) is 0 Å². The molecule has 0 saturated heterocycles. The van der Waals surface area contributed by atoms with E-state index < -0.39 is 5.97 Å². The van der Waals surface area contributed by atoms with Crippen molar-refractivity contribution >= 4 is 62.8 Å². The highest BCUT2D eigenvalue weighted by molar-refractivity contribution is 7.19. The molecule has 0 aliphatic carbocycles. The van der Waals surface area contributed by atoms with Crippen molar-refractivity contribution in [1.82, 2.24) is 10.3 Å². The molecule has 9 heteroatoms. The Kier molecular flexibility index (Phi) is 16.3. The van der Waals surface area contributed by atoms with Crippen LogP contribution in [-0.4, -0.2) is 21.4 Å². The van der Waals surface area contributed by atoms with Gasteiger partial charge < -0.3 is 10.0 Å². The highest BCUT2D eigenvalue weighted by Crippen LogP contribution is 2.46. The van der Waals surface area contributed by atoms with E-state index in [-0.39, 0.29) is 5.57 Å². The zero-order valence-electron chi connectivity index (χ0n) is 38.5. The van der Waals surface area contributed by atoms with Gasteiger partial charge in [-0.1, -0.05) is 163 Å². The summed E-state index contributed by atoms with van der Waals surface area (Å²) in [6, 6.07) is 48.7. The maximum absolute atomic E-state index is 11.5. The predicted octanol–water partition coefficient (Wildman–Crippen LogP) is 17.3. The molecule has 0 bridgehead atoms. The minimum Gasteiger partial charge on any atom is -0.477 e. The number of nitriles is 1. The van der Waals surface area contributed by atoms with Gasteiger partial charge in [-0.25, -0.2) is 9.42 Å². The van der Waals surface area contributed by atoms with Crippen molar-refractivity contribution in [2.24, 2.45) is 0 Å². The SMILES string of the molecule is CCCCCCCCc1cc(-c2ccc(-c3cc(CCCCCCCC)c(-c4ccc(N(c5ccccc5)c5ccccc5)cc4)s3)c3nonc23)sc1-c1ccc(/C=C(\C#N)C(=O)O)cc1. The fourth-order valence-electron chi connectivity index (χ4n) is 8.84. The number of fused-ring (bicyclic) bond motifs is 1. The van der Waals surface area contributed by atoms with E-state index >= 15 is 0 Å². The minimum absolute atomic E-state index is 0.291. The van der Waals surface area contributed by atoms with Gasteiger partial charge >= 0.3 is 5.97 Å². The summed E-state index contributed by atoms with van der Waals surface area (Å²) in [6.07, 6.45) is 18.1. The average molecular weight is 923 g/mol. The van der Waals surface area contributed by atoms with Gasteiger partial charge in [0.1, 0.15) is 22.7 Å². The van der Waals surface area contributed by atoms with E-state index in [1.54, 1.807) is 17.4 Å². The van der Waals surface area contributed by atoms with Crippen LogP contribution < -0.4 is 4.90 Å². The number of anilines is 3. The first-order chi connectivity index (χ1) is 32.9. The molecule has 5 aromatic carbocycles. The summed E-state index contributed by atoms with van der Waals surface area (Å²) in [6.45, 7) is 4.51. The number of thiophene rings is 2. The molecular weight excluding hydrogens is 865 g/mol. The van der Waals surface area contributed by atoms with Crippen molar-refractivity contribution in [3.05, 3.63) is 156 Å². The van der Waals surface area contributed by atoms with Gasteiger partial charge in [-0.15, -0.1) is 22.7 Å². The summed E-state index contributed by atoms with van der Waals surface area (Å²) < 4.78 is 5.57. The fraction of sp³-hybridized carbons (Fsp3) is 0.276. The number of carboxylic acid groups (broad SMARTS) is 1.